The van der Waals surface area contributed by atoms with E-state index in [1.54, 1.807) is 16.9 Å². The molecule has 0 fully saturated rings. The zero-order chi connectivity index (χ0) is 28.0. The number of halogens is 1. The van der Waals surface area contributed by atoms with Gasteiger partial charge in [0.15, 0.2) is 0 Å². The zero-order valence-electron chi connectivity index (χ0n) is 22.5. The number of carbonyl (C=O) groups excluding carboxylic acids is 2. The molecule has 4 rings (SSSR count). The van der Waals surface area contributed by atoms with Crippen molar-refractivity contribution in [2.75, 3.05) is 5.32 Å². The summed E-state index contributed by atoms with van der Waals surface area (Å²) in [5.41, 5.74) is 2.40. The summed E-state index contributed by atoms with van der Waals surface area (Å²) in [5.74, 6) is 0.0361. The Morgan fingerprint density at radius 3 is 2.51 bits per heavy atom. The molecule has 4 aromatic rings. The number of rotatable bonds is 12. The van der Waals surface area contributed by atoms with Crippen LogP contribution in [0.3, 0.4) is 0 Å². The fourth-order valence-corrected chi connectivity index (χ4v) is 4.24. The van der Waals surface area contributed by atoms with E-state index in [-0.39, 0.29) is 24.5 Å². The Kier molecular flexibility index (Phi) is 8.71. The molecule has 0 bridgehead atoms. The monoisotopic (exact) mass is 531 g/mol. The molecule has 9 heteroatoms. The quantitative estimate of drug-likeness (QED) is 0.258. The van der Waals surface area contributed by atoms with Gasteiger partial charge in [0, 0.05) is 49.1 Å². The van der Waals surface area contributed by atoms with Crippen LogP contribution in [-0.4, -0.2) is 47.9 Å². The van der Waals surface area contributed by atoms with Crippen LogP contribution in [0.15, 0.2) is 73.2 Å². The number of Topliss-reactive ketones (excluding diaryl/α,β-unsaturated/α-hetero) is 1. The van der Waals surface area contributed by atoms with E-state index < -0.39 is 11.8 Å². The first kappa shape index (κ1) is 27.9. The molecule has 1 amide bonds. The van der Waals surface area contributed by atoms with Crippen LogP contribution in [0, 0.1) is 0 Å². The largest absolute Gasteiger partial charge is 0.387 e. The number of para-hydroxylation sites is 1. The van der Waals surface area contributed by atoms with Crippen molar-refractivity contribution in [3.8, 4) is 16.8 Å². The number of aromatic nitrogens is 4. The first-order chi connectivity index (χ1) is 18.6. The number of alkyl halides is 1. The summed E-state index contributed by atoms with van der Waals surface area (Å²) >= 11 is 0. The third-order valence-corrected chi connectivity index (χ3v) is 6.51. The molecule has 2 N–H and O–H groups in total. The second kappa shape index (κ2) is 12.2. The number of aliphatic hydroxyl groups is 1. The Balaban J connectivity index is 1.44. The van der Waals surface area contributed by atoms with Crippen LogP contribution in [0.25, 0.3) is 16.8 Å². The summed E-state index contributed by atoms with van der Waals surface area (Å²) < 4.78 is 17.5. The smallest absolute Gasteiger partial charge is 0.258 e. The third kappa shape index (κ3) is 7.48. The van der Waals surface area contributed by atoms with E-state index in [4.69, 9.17) is 0 Å². The van der Waals surface area contributed by atoms with Gasteiger partial charge in [-0.05, 0) is 62.9 Å². The first-order valence-corrected chi connectivity index (χ1v) is 13.0. The van der Waals surface area contributed by atoms with E-state index in [0.29, 0.717) is 30.8 Å². The maximum atomic E-state index is 13.9. The summed E-state index contributed by atoms with van der Waals surface area (Å²) in [5, 5.41) is 16.9. The molecule has 0 aliphatic rings. The minimum absolute atomic E-state index is 0.00311. The number of benzene rings is 2. The summed E-state index contributed by atoms with van der Waals surface area (Å²) in [6.07, 6.45) is 5.50. The number of anilines is 1. The average molecular weight is 532 g/mol. The molecule has 1 atom stereocenters. The van der Waals surface area contributed by atoms with Gasteiger partial charge in [-0.3, -0.25) is 24.2 Å². The lowest BCUT2D eigenvalue weighted by Crippen LogP contribution is -2.32. The van der Waals surface area contributed by atoms with Gasteiger partial charge in [0.25, 0.3) is 5.91 Å². The molecule has 0 aliphatic carbocycles. The SMILES string of the molecule is Cn1cc(-c2cccc(C(=O)Nc3nc(CCCC(=O)CC[C@@H](F)C(C)(C)O)cn3-c3ccccc3)c2)cn1. The Morgan fingerprint density at radius 2 is 1.82 bits per heavy atom. The van der Waals surface area contributed by atoms with Crippen LogP contribution < -0.4 is 5.32 Å². The highest BCUT2D eigenvalue weighted by atomic mass is 19.1. The zero-order valence-corrected chi connectivity index (χ0v) is 22.5. The average Bonchev–Trinajstić information content (AvgIpc) is 3.53. The molecule has 39 heavy (non-hydrogen) atoms. The molecule has 2 aromatic carbocycles. The van der Waals surface area contributed by atoms with E-state index in [9.17, 15) is 19.1 Å². The Morgan fingerprint density at radius 1 is 1.05 bits per heavy atom. The molecule has 0 aliphatic heterocycles. The number of carbonyl (C=O) groups is 2. The summed E-state index contributed by atoms with van der Waals surface area (Å²) in [7, 11) is 1.84. The third-order valence-electron chi connectivity index (χ3n) is 6.51. The van der Waals surface area contributed by atoms with Gasteiger partial charge in [-0.25, -0.2) is 9.37 Å². The Hall–Kier alpha value is -4.11. The first-order valence-electron chi connectivity index (χ1n) is 13.0. The van der Waals surface area contributed by atoms with Crippen LogP contribution in [0.4, 0.5) is 10.3 Å². The lowest BCUT2D eigenvalue weighted by Gasteiger charge is -2.21. The van der Waals surface area contributed by atoms with Crippen molar-refractivity contribution in [2.24, 2.45) is 7.05 Å². The van der Waals surface area contributed by atoms with Crippen LogP contribution in [-0.2, 0) is 18.3 Å². The minimum atomic E-state index is -1.45. The predicted octanol–water partition coefficient (Wildman–Crippen LogP) is 5.31. The van der Waals surface area contributed by atoms with Gasteiger partial charge in [-0.1, -0.05) is 30.3 Å². The highest BCUT2D eigenvalue weighted by Gasteiger charge is 2.26. The Bertz CT molecular complexity index is 1420. The number of amides is 1. The molecule has 0 spiro atoms. The van der Waals surface area contributed by atoms with Crippen molar-refractivity contribution in [3.63, 3.8) is 0 Å². The molecule has 204 valence electrons. The predicted molar refractivity (Wildman–Crippen MR) is 149 cm³/mol. The van der Waals surface area contributed by atoms with Gasteiger partial charge in [0.05, 0.1) is 17.5 Å². The molecule has 0 saturated heterocycles. The van der Waals surface area contributed by atoms with Gasteiger partial charge in [-0.15, -0.1) is 0 Å². The number of hydrogen-bond acceptors (Lipinski definition) is 5. The molecule has 8 nitrogen and oxygen atoms in total. The number of aryl methyl sites for hydroxylation is 2. The second-order valence-electron chi connectivity index (χ2n) is 10.3. The van der Waals surface area contributed by atoms with Crippen LogP contribution in [0.5, 0.6) is 0 Å². The van der Waals surface area contributed by atoms with Crippen LogP contribution in [0.1, 0.15) is 55.6 Å². The number of ketones is 1. The van der Waals surface area contributed by atoms with Crippen molar-refractivity contribution < 1.29 is 19.1 Å². The topological polar surface area (TPSA) is 102 Å². The van der Waals surface area contributed by atoms with Crippen molar-refractivity contribution in [3.05, 3.63) is 84.4 Å². The normalized spacial score (nSPS) is 12.3. The molecule has 0 unspecified atom stereocenters. The maximum Gasteiger partial charge on any atom is 0.258 e. The standard InChI is InChI=1S/C30H34FN5O3/c1-30(2,39)27(31)16-15-26(37)14-8-11-24-20-36(25-12-5-4-6-13-25)29(33-24)34-28(38)22-10-7-9-21(17-22)23-18-32-35(3)19-23/h4-7,9-10,12-13,17-20,27,39H,8,11,14-16H2,1-3H3,(H,33,34,38)/t27-/m1/s1. The minimum Gasteiger partial charge on any atom is -0.387 e. The van der Waals surface area contributed by atoms with E-state index in [1.807, 2.05) is 72.5 Å². The second-order valence-corrected chi connectivity index (χ2v) is 10.3. The highest BCUT2D eigenvalue weighted by molar-refractivity contribution is 6.04. The number of nitrogens with zero attached hydrogens (tertiary/aromatic N) is 4. The van der Waals surface area contributed by atoms with Crippen molar-refractivity contribution in [1.29, 1.82) is 0 Å². The fourth-order valence-electron chi connectivity index (χ4n) is 4.24. The van der Waals surface area contributed by atoms with Gasteiger partial charge < -0.3 is 5.11 Å². The number of hydrogen-bond donors (Lipinski definition) is 2. The molecule has 0 radical (unpaired) electrons. The van der Waals surface area contributed by atoms with Gasteiger partial charge in [0.1, 0.15) is 12.0 Å². The molecule has 2 heterocycles. The summed E-state index contributed by atoms with van der Waals surface area (Å²) in [6.45, 7) is 2.80. The van der Waals surface area contributed by atoms with Gasteiger partial charge in [-0.2, -0.15) is 5.10 Å². The number of imidazole rings is 1. The Labute approximate surface area is 227 Å². The fraction of sp³-hybridized carbons (Fsp3) is 0.333. The molecular weight excluding hydrogens is 497 g/mol. The lowest BCUT2D eigenvalue weighted by atomic mass is 9.97. The summed E-state index contributed by atoms with van der Waals surface area (Å²) in [6, 6.07) is 16.9. The molecule has 2 aromatic heterocycles. The molecular formula is C30H34FN5O3. The van der Waals surface area contributed by atoms with E-state index in [2.05, 4.69) is 15.4 Å². The van der Waals surface area contributed by atoms with E-state index in [0.717, 1.165) is 22.5 Å². The van der Waals surface area contributed by atoms with Gasteiger partial charge in [0.2, 0.25) is 5.95 Å². The highest BCUT2D eigenvalue weighted by Crippen LogP contribution is 2.23. The van der Waals surface area contributed by atoms with Crippen molar-refractivity contribution >= 4 is 17.6 Å². The van der Waals surface area contributed by atoms with Crippen LogP contribution >= 0.6 is 0 Å². The van der Waals surface area contributed by atoms with Crippen LogP contribution in [0.2, 0.25) is 0 Å². The lowest BCUT2D eigenvalue weighted by molar-refractivity contribution is -0.120. The van der Waals surface area contributed by atoms with Crippen molar-refractivity contribution in [2.45, 2.75) is 57.7 Å². The summed E-state index contributed by atoms with van der Waals surface area (Å²) in [4.78, 5) is 30.1. The van der Waals surface area contributed by atoms with E-state index in [1.165, 1.54) is 13.8 Å². The van der Waals surface area contributed by atoms with E-state index >= 15 is 0 Å². The van der Waals surface area contributed by atoms with Gasteiger partial charge >= 0.3 is 0 Å². The maximum absolute atomic E-state index is 13.9. The van der Waals surface area contributed by atoms with Crippen molar-refractivity contribution in [1.82, 2.24) is 19.3 Å². The molecule has 0 saturated carbocycles. The number of nitrogens with one attached hydrogen (secondary N) is 1.